The Bertz CT molecular complexity index is 1680. The zero-order valence-corrected chi connectivity index (χ0v) is 25.5. The van der Waals surface area contributed by atoms with E-state index in [2.05, 4.69) is 4.72 Å². The smallest absolute Gasteiger partial charge is 0.344 e. The molecule has 226 valence electrons. The van der Waals surface area contributed by atoms with Crippen molar-refractivity contribution in [1.82, 2.24) is 0 Å². The number of halogens is 2. The number of rotatable bonds is 13. The molecule has 0 aliphatic heterocycles. The van der Waals surface area contributed by atoms with Crippen molar-refractivity contribution in [2.45, 2.75) is 26.9 Å². The molecule has 0 bridgehead atoms. The summed E-state index contributed by atoms with van der Waals surface area (Å²) < 4.78 is 57.4. The van der Waals surface area contributed by atoms with Gasteiger partial charge in [-0.05, 0) is 67.4 Å². The lowest BCUT2D eigenvalue weighted by Crippen LogP contribution is -2.24. The van der Waals surface area contributed by atoms with Gasteiger partial charge in [0.25, 0.3) is 0 Å². The summed E-state index contributed by atoms with van der Waals surface area (Å²) in [5.74, 6) is 0.475. The Balaban J connectivity index is 1.54. The highest BCUT2D eigenvalue weighted by Gasteiger charge is 2.17. The van der Waals surface area contributed by atoms with Gasteiger partial charge in [0, 0.05) is 30.4 Å². The summed E-state index contributed by atoms with van der Waals surface area (Å²) in [4.78, 5) is 13.6. The Hall–Kier alpha value is -4.28. The first kappa shape index (κ1) is 31.7. The van der Waals surface area contributed by atoms with E-state index in [0.29, 0.717) is 39.9 Å². The highest BCUT2D eigenvalue weighted by molar-refractivity contribution is 7.92. The van der Waals surface area contributed by atoms with E-state index in [-0.39, 0.29) is 31.3 Å². The Morgan fingerprint density at radius 2 is 1.67 bits per heavy atom. The number of nitrogens with one attached hydrogen (secondary N) is 1. The van der Waals surface area contributed by atoms with Crippen LogP contribution in [0.2, 0.25) is 5.02 Å². The average Bonchev–Trinajstić information content (AvgIpc) is 2.96. The third kappa shape index (κ3) is 9.10. The molecular formula is C32H32ClFN2O6S. The Labute approximate surface area is 256 Å². The fraction of sp³-hybridized carbons (Fsp3) is 0.219. The first-order chi connectivity index (χ1) is 20.5. The summed E-state index contributed by atoms with van der Waals surface area (Å²) >= 11 is 6.21. The van der Waals surface area contributed by atoms with Crippen molar-refractivity contribution < 1.29 is 31.8 Å². The summed E-state index contributed by atoms with van der Waals surface area (Å²) in [5.41, 5.74) is 3.35. The van der Waals surface area contributed by atoms with Crippen molar-refractivity contribution in [3.63, 3.8) is 0 Å². The quantitative estimate of drug-likeness (QED) is 0.158. The molecule has 0 spiro atoms. The Morgan fingerprint density at radius 3 is 2.37 bits per heavy atom. The van der Waals surface area contributed by atoms with E-state index < -0.39 is 16.0 Å². The van der Waals surface area contributed by atoms with Crippen LogP contribution in [0.4, 0.5) is 15.8 Å². The molecule has 1 N–H and O–H groups in total. The molecule has 0 amide bonds. The van der Waals surface area contributed by atoms with Gasteiger partial charge in [0.2, 0.25) is 10.0 Å². The summed E-state index contributed by atoms with van der Waals surface area (Å²) in [7, 11) is -3.49. The van der Waals surface area contributed by atoms with E-state index >= 15 is 0 Å². The summed E-state index contributed by atoms with van der Waals surface area (Å²) in [6, 6.07) is 24.2. The number of ether oxygens (including phenoxy) is 3. The minimum Gasteiger partial charge on any atom is -0.480 e. The number of hydrogen-bond donors (Lipinski definition) is 1. The largest absolute Gasteiger partial charge is 0.480 e. The molecule has 0 unspecified atom stereocenters. The zero-order chi connectivity index (χ0) is 31.0. The monoisotopic (exact) mass is 626 g/mol. The molecule has 11 heteroatoms. The van der Waals surface area contributed by atoms with Gasteiger partial charge in [-0.25, -0.2) is 17.6 Å². The van der Waals surface area contributed by atoms with E-state index in [9.17, 15) is 17.6 Å². The third-order valence-electron chi connectivity index (χ3n) is 6.35. The molecule has 0 saturated carbocycles. The fourth-order valence-corrected chi connectivity index (χ4v) is 5.14. The number of esters is 1. The minimum absolute atomic E-state index is 0.252. The van der Waals surface area contributed by atoms with Crippen LogP contribution in [0.15, 0.2) is 84.9 Å². The molecule has 0 heterocycles. The normalized spacial score (nSPS) is 11.1. The lowest BCUT2D eigenvalue weighted by atomic mass is 10.1. The van der Waals surface area contributed by atoms with Crippen molar-refractivity contribution in [1.29, 1.82) is 0 Å². The maximum Gasteiger partial charge on any atom is 0.344 e. The third-order valence-corrected chi connectivity index (χ3v) is 7.25. The molecule has 4 aromatic rings. The number of nitrogens with zero attached hydrogens (tertiary/aromatic N) is 1. The van der Waals surface area contributed by atoms with Crippen LogP contribution in [0.1, 0.15) is 23.6 Å². The molecule has 0 fully saturated rings. The van der Waals surface area contributed by atoms with Crippen LogP contribution in [0.5, 0.6) is 17.2 Å². The first-order valence-electron chi connectivity index (χ1n) is 13.4. The van der Waals surface area contributed by atoms with Crippen molar-refractivity contribution in [2.75, 3.05) is 29.1 Å². The maximum atomic E-state index is 14.7. The Kier molecular flexibility index (Phi) is 10.5. The van der Waals surface area contributed by atoms with E-state index in [4.69, 9.17) is 25.8 Å². The van der Waals surface area contributed by atoms with Gasteiger partial charge in [0.05, 0.1) is 23.6 Å². The summed E-state index contributed by atoms with van der Waals surface area (Å²) in [6.07, 6.45) is 1.10. The second kappa shape index (κ2) is 14.3. The molecule has 0 aliphatic carbocycles. The van der Waals surface area contributed by atoms with Crippen molar-refractivity contribution in [2.24, 2.45) is 0 Å². The predicted octanol–water partition coefficient (Wildman–Crippen LogP) is 7.10. The molecule has 0 aromatic heterocycles. The number of sulfonamides is 1. The van der Waals surface area contributed by atoms with Crippen LogP contribution in [0.3, 0.4) is 0 Å². The second-order valence-electron chi connectivity index (χ2n) is 9.70. The number of benzene rings is 4. The van der Waals surface area contributed by atoms with Crippen LogP contribution < -0.4 is 19.1 Å². The van der Waals surface area contributed by atoms with Gasteiger partial charge in [0.1, 0.15) is 23.1 Å². The molecule has 4 rings (SSSR count). The minimum atomic E-state index is -3.49. The number of carbonyl (C=O) groups is 1. The van der Waals surface area contributed by atoms with E-state index in [1.54, 1.807) is 67.6 Å². The second-order valence-corrected chi connectivity index (χ2v) is 11.9. The van der Waals surface area contributed by atoms with Gasteiger partial charge in [-0.1, -0.05) is 48.0 Å². The molecule has 8 nitrogen and oxygen atoms in total. The van der Waals surface area contributed by atoms with Gasteiger partial charge in [-0.3, -0.25) is 4.72 Å². The van der Waals surface area contributed by atoms with Crippen LogP contribution in [-0.2, 0) is 32.6 Å². The molecule has 0 saturated heterocycles. The van der Waals surface area contributed by atoms with E-state index in [1.165, 1.54) is 6.07 Å². The van der Waals surface area contributed by atoms with Crippen LogP contribution in [0, 0.1) is 12.7 Å². The van der Waals surface area contributed by atoms with Crippen molar-refractivity contribution in [3.8, 4) is 17.2 Å². The van der Waals surface area contributed by atoms with Gasteiger partial charge in [0.15, 0.2) is 6.61 Å². The number of hydrogen-bond acceptors (Lipinski definition) is 7. The lowest BCUT2D eigenvalue weighted by Gasteiger charge is -2.28. The van der Waals surface area contributed by atoms with Crippen molar-refractivity contribution in [3.05, 3.63) is 112 Å². The predicted molar refractivity (Wildman–Crippen MR) is 166 cm³/mol. The van der Waals surface area contributed by atoms with Gasteiger partial charge in [-0.2, -0.15) is 0 Å². The van der Waals surface area contributed by atoms with Crippen LogP contribution in [0.25, 0.3) is 0 Å². The summed E-state index contributed by atoms with van der Waals surface area (Å²) in [5, 5.41) is 0.327. The van der Waals surface area contributed by atoms with Gasteiger partial charge in [-0.15, -0.1) is 0 Å². The topological polar surface area (TPSA) is 94.2 Å². The van der Waals surface area contributed by atoms with Gasteiger partial charge < -0.3 is 19.1 Å². The molecule has 43 heavy (non-hydrogen) atoms. The van der Waals surface area contributed by atoms with E-state index in [0.717, 1.165) is 17.5 Å². The Morgan fingerprint density at radius 1 is 0.953 bits per heavy atom. The standard InChI is InChI=1S/C32H32ClFN2O6S/c1-4-40-32(37)21-41-31-18-26(16-17-27(31)33)42-25-14-12-23(13-15-25)19-36(20-24-8-5-6-9-28(24)34)30-11-7-10-29(22(30)2)35-43(3,38)39/h5-18,35H,4,19-21H2,1-3H3. The summed E-state index contributed by atoms with van der Waals surface area (Å²) in [6.45, 7) is 4.18. The maximum absolute atomic E-state index is 14.7. The first-order valence-corrected chi connectivity index (χ1v) is 15.7. The average molecular weight is 627 g/mol. The zero-order valence-electron chi connectivity index (χ0n) is 24.0. The molecule has 4 aromatic carbocycles. The molecule has 0 aliphatic rings. The SMILES string of the molecule is CCOC(=O)COc1cc(Oc2ccc(CN(Cc3ccccc3F)c3cccc(NS(C)(=O)=O)c3C)cc2)ccc1Cl. The molecule has 0 radical (unpaired) electrons. The number of anilines is 2. The highest BCUT2D eigenvalue weighted by atomic mass is 35.5. The number of carbonyl (C=O) groups excluding carboxylic acids is 1. The highest BCUT2D eigenvalue weighted by Crippen LogP contribution is 2.33. The van der Waals surface area contributed by atoms with Crippen LogP contribution in [-0.4, -0.2) is 33.9 Å². The fourth-order valence-electron chi connectivity index (χ4n) is 4.35. The van der Waals surface area contributed by atoms with Gasteiger partial charge >= 0.3 is 5.97 Å². The van der Waals surface area contributed by atoms with Crippen molar-refractivity contribution >= 4 is 39.0 Å². The molecule has 0 atom stereocenters. The lowest BCUT2D eigenvalue weighted by molar-refractivity contribution is -0.145. The molecular weight excluding hydrogens is 595 g/mol. The van der Waals surface area contributed by atoms with E-state index in [1.807, 2.05) is 30.0 Å². The van der Waals surface area contributed by atoms with Crippen LogP contribution >= 0.6 is 11.6 Å².